The van der Waals surface area contributed by atoms with Gasteiger partial charge in [0.05, 0.1) is 11.6 Å². The number of aromatic nitrogens is 3. The number of hydrogen-bond donors (Lipinski definition) is 1. The largest absolute Gasteiger partial charge is 0.265 e. The van der Waals surface area contributed by atoms with Crippen LogP contribution in [0.4, 0.5) is 0 Å². The first-order valence-electron chi connectivity index (χ1n) is 6.47. The molecule has 94 valence electrons. The van der Waals surface area contributed by atoms with Gasteiger partial charge in [0.1, 0.15) is 6.33 Å². The standard InChI is InChI=1S/C15H14N4/c16-9-11-5-7-13(8-6-11)14(12-3-1-2-4-12)15-17-10-18-19-15/h5-8,10H,1-4H2,(H,17,18,19). The minimum absolute atomic E-state index is 0.675. The van der Waals surface area contributed by atoms with Gasteiger partial charge in [-0.2, -0.15) is 10.4 Å². The Bertz CT molecular complexity index is 622. The molecular formula is C15H14N4. The third-order valence-corrected chi connectivity index (χ3v) is 3.50. The Morgan fingerprint density at radius 1 is 1.16 bits per heavy atom. The lowest BCUT2D eigenvalue weighted by Gasteiger charge is -2.08. The van der Waals surface area contributed by atoms with Gasteiger partial charge in [-0.3, -0.25) is 5.10 Å². The molecule has 0 atom stereocenters. The summed E-state index contributed by atoms with van der Waals surface area (Å²) in [7, 11) is 0. The van der Waals surface area contributed by atoms with Crippen molar-refractivity contribution >= 4 is 5.57 Å². The highest BCUT2D eigenvalue weighted by Gasteiger charge is 2.18. The van der Waals surface area contributed by atoms with Crippen LogP contribution in [0.15, 0.2) is 36.2 Å². The lowest BCUT2D eigenvalue weighted by molar-refractivity contribution is 0.886. The van der Waals surface area contributed by atoms with Gasteiger partial charge in [0, 0.05) is 5.57 Å². The summed E-state index contributed by atoms with van der Waals surface area (Å²) < 4.78 is 0. The number of rotatable bonds is 2. The molecule has 1 aliphatic rings. The van der Waals surface area contributed by atoms with Crippen LogP contribution in [0.3, 0.4) is 0 Å². The number of nitriles is 1. The SMILES string of the molecule is N#Cc1ccc(C(=C2CCCC2)c2nc[nH]n2)cc1. The van der Waals surface area contributed by atoms with Crippen LogP contribution in [0, 0.1) is 11.3 Å². The van der Waals surface area contributed by atoms with Gasteiger partial charge in [-0.05, 0) is 43.4 Å². The fourth-order valence-corrected chi connectivity index (χ4v) is 2.58. The molecule has 0 spiro atoms. The van der Waals surface area contributed by atoms with Gasteiger partial charge in [-0.15, -0.1) is 0 Å². The van der Waals surface area contributed by atoms with Gasteiger partial charge in [-0.25, -0.2) is 4.98 Å². The van der Waals surface area contributed by atoms with Crippen LogP contribution in [-0.4, -0.2) is 15.2 Å². The van der Waals surface area contributed by atoms with Crippen molar-refractivity contribution in [2.75, 3.05) is 0 Å². The maximum absolute atomic E-state index is 8.87. The third-order valence-electron chi connectivity index (χ3n) is 3.50. The summed E-state index contributed by atoms with van der Waals surface area (Å²) in [6, 6.07) is 9.80. The predicted octanol–water partition coefficient (Wildman–Crippen LogP) is 3.05. The molecule has 0 radical (unpaired) electrons. The van der Waals surface area contributed by atoms with Crippen molar-refractivity contribution in [1.29, 1.82) is 5.26 Å². The van der Waals surface area contributed by atoms with Crippen molar-refractivity contribution in [3.63, 3.8) is 0 Å². The van der Waals surface area contributed by atoms with E-state index in [0.29, 0.717) is 5.56 Å². The van der Waals surface area contributed by atoms with E-state index in [9.17, 15) is 0 Å². The lowest BCUT2D eigenvalue weighted by atomic mass is 9.97. The first kappa shape index (κ1) is 11.7. The molecule has 1 fully saturated rings. The highest BCUT2D eigenvalue weighted by Crippen LogP contribution is 2.34. The topological polar surface area (TPSA) is 65.4 Å². The van der Waals surface area contributed by atoms with Crippen molar-refractivity contribution in [3.8, 4) is 6.07 Å². The Labute approximate surface area is 111 Å². The fourth-order valence-electron chi connectivity index (χ4n) is 2.58. The van der Waals surface area contributed by atoms with Crippen LogP contribution in [0.25, 0.3) is 5.57 Å². The molecule has 2 aromatic rings. The predicted molar refractivity (Wildman–Crippen MR) is 72.0 cm³/mol. The summed E-state index contributed by atoms with van der Waals surface area (Å²) in [5.41, 5.74) is 4.32. The molecule has 1 aliphatic carbocycles. The zero-order valence-corrected chi connectivity index (χ0v) is 10.6. The molecule has 1 N–H and O–H groups in total. The molecular weight excluding hydrogens is 236 g/mol. The number of hydrogen-bond acceptors (Lipinski definition) is 3. The van der Waals surface area contributed by atoms with E-state index in [1.165, 1.54) is 18.4 Å². The summed E-state index contributed by atoms with van der Waals surface area (Å²) in [5.74, 6) is 0.751. The molecule has 0 unspecified atom stereocenters. The van der Waals surface area contributed by atoms with Gasteiger partial charge in [0.2, 0.25) is 0 Å². The van der Waals surface area contributed by atoms with Crippen molar-refractivity contribution in [1.82, 2.24) is 15.2 Å². The average Bonchev–Trinajstić information content (AvgIpc) is 3.13. The monoisotopic (exact) mass is 250 g/mol. The van der Waals surface area contributed by atoms with E-state index in [1.54, 1.807) is 6.33 Å². The second-order valence-electron chi connectivity index (χ2n) is 4.70. The normalized spacial score (nSPS) is 14.4. The molecule has 1 aromatic heterocycles. The molecule has 4 heteroatoms. The zero-order valence-electron chi connectivity index (χ0n) is 10.6. The second kappa shape index (κ2) is 5.07. The smallest absolute Gasteiger partial charge is 0.181 e. The number of H-pyrrole nitrogens is 1. The Hall–Kier alpha value is -2.41. The summed E-state index contributed by atoms with van der Waals surface area (Å²) in [6.07, 6.45) is 6.31. The third kappa shape index (κ3) is 2.27. The van der Waals surface area contributed by atoms with Crippen LogP contribution >= 0.6 is 0 Å². The van der Waals surface area contributed by atoms with Crippen molar-refractivity contribution in [3.05, 3.63) is 53.1 Å². The Balaban J connectivity index is 2.09. The van der Waals surface area contributed by atoms with Gasteiger partial charge in [0.25, 0.3) is 0 Å². The van der Waals surface area contributed by atoms with E-state index in [1.807, 2.05) is 24.3 Å². The first-order chi connectivity index (χ1) is 9.38. The molecule has 1 heterocycles. The number of nitrogens with one attached hydrogen (secondary N) is 1. The van der Waals surface area contributed by atoms with E-state index in [2.05, 4.69) is 21.3 Å². The highest BCUT2D eigenvalue weighted by atomic mass is 15.2. The quantitative estimate of drug-likeness (QED) is 0.890. The first-order valence-corrected chi connectivity index (χ1v) is 6.47. The Morgan fingerprint density at radius 2 is 1.89 bits per heavy atom. The summed E-state index contributed by atoms with van der Waals surface area (Å²) in [6.45, 7) is 0. The minimum atomic E-state index is 0.675. The lowest BCUT2D eigenvalue weighted by Crippen LogP contribution is -1.95. The van der Waals surface area contributed by atoms with E-state index in [4.69, 9.17) is 5.26 Å². The Morgan fingerprint density at radius 3 is 2.47 bits per heavy atom. The van der Waals surface area contributed by atoms with Crippen molar-refractivity contribution < 1.29 is 0 Å². The molecule has 4 nitrogen and oxygen atoms in total. The van der Waals surface area contributed by atoms with E-state index >= 15 is 0 Å². The van der Waals surface area contributed by atoms with Gasteiger partial charge in [0.15, 0.2) is 5.82 Å². The summed E-state index contributed by atoms with van der Waals surface area (Å²) >= 11 is 0. The van der Waals surface area contributed by atoms with Crippen LogP contribution in [-0.2, 0) is 0 Å². The fraction of sp³-hybridized carbons (Fsp3) is 0.267. The van der Waals surface area contributed by atoms with E-state index < -0.39 is 0 Å². The number of allylic oxidation sites excluding steroid dienone is 1. The van der Waals surface area contributed by atoms with Crippen LogP contribution in [0.1, 0.15) is 42.6 Å². The van der Waals surface area contributed by atoms with Gasteiger partial charge in [-0.1, -0.05) is 17.7 Å². The molecule has 0 aliphatic heterocycles. The van der Waals surface area contributed by atoms with Crippen LogP contribution in [0.5, 0.6) is 0 Å². The maximum atomic E-state index is 8.87. The molecule has 1 saturated carbocycles. The molecule has 0 amide bonds. The van der Waals surface area contributed by atoms with Crippen molar-refractivity contribution in [2.24, 2.45) is 0 Å². The number of nitrogens with zero attached hydrogens (tertiary/aromatic N) is 3. The van der Waals surface area contributed by atoms with Crippen LogP contribution < -0.4 is 0 Å². The average molecular weight is 250 g/mol. The van der Waals surface area contributed by atoms with Crippen LogP contribution in [0.2, 0.25) is 0 Å². The van der Waals surface area contributed by atoms with Gasteiger partial charge >= 0.3 is 0 Å². The minimum Gasteiger partial charge on any atom is -0.265 e. The molecule has 0 bridgehead atoms. The van der Waals surface area contributed by atoms with E-state index in [0.717, 1.165) is 29.8 Å². The number of aromatic amines is 1. The zero-order chi connectivity index (χ0) is 13.1. The highest BCUT2D eigenvalue weighted by molar-refractivity contribution is 5.79. The molecule has 19 heavy (non-hydrogen) atoms. The summed E-state index contributed by atoms with van der Waals surface area (Å²) in [5, 5.41) is 15.9. The van der Waals surface area contributed by atoms with Crippen molar-refractivity contribution in [2.45, 2.75) is 25.7 Å². The van der Waals surface area contributed by atoms with E-state index in [-0.39, 0.29) is 0 Å². The molecule has 3 rings (SSSR count). The number of benzene rings is 1. The van der Waals surface area contributed by atoms with Gasteiger partial charge < -0.3 is 0 Å². The second-order valence-corrected chi connectivity index (χ2v) is 4.70. The molecule has 1 aromatic carbocycles. The molecule has 0 saturated heterocycles. The maximum Gasteiger partial charge on any atom is 0.181 e. The Kier molecular flexibility index (Phi) is 3.11. The summed E-state index contributed by atoms with van der Waals surface area (Å²) in [4.78, 5) is 4.29.